The first-order valence-electron chi connectivity index (χ1n) is 7.36. The lowest BCUT2D eigenvalue weighted by Gasteiger charge is -2.31. The van der Waals surface area contributed by atoms with E-state index in [1.54, 1.807) is 11.0 Å². The average Bonchev–Trinajstić information content (AvgIpc) is 2.47. The Kier molecular flexibility index (Phi) is 5.14. The van der Waals surface area contributed by atoms with Gasteiger partial charge >= 0.3 is 0 Å². The smallest absolute Gasteiger partial charge is 0.246 e. The van der Waals surface area contributed by atoms with Crippen molar-refractivity contribution in [3.8, 4) is 0 Å². The summed E-state index contributed by atoms with van der Waals surface area (Å²) in [5, 5.41) is 2.92. The van der Waals surface area contributed by atoms with Crippen molar-refractivity contribution in [3.63, 3.8) is 0 Å². The molecule has 2 rings (SSSR count). The van der Waals surface area contributed by atoms with E-state index in [-0.39, 0.29) is 17.7 Å². The number of rotatable bonds is 3. The molecule has 1 aromatic carbocycles. The molecule has 112 valence electrons. The van der Waals surface area contributed by atoms with E-state index >= 15 is 0 Å². The number of anilines is 1. The number of likely N-dealkylation sites (tertiary alicyclic amines) is 1. The maximum atomic E-state index is 12.3. The lowest BCUT2D eigenvalue weighted by molar-refractivity contribution is -0.130. The van der Waals surface area contributed by atoms with Gasteiger partial charge in [0.2, 0.25) is 11.8 Å². The lowest BCUT2D eigenvalue weighted by Crippen LogP contribution is -2.43. The van der Waals surface area contributed by atoms with Crippen LogP contribution in [0, 0.1) is 5.92 Å². The molecule has 1 fully saturated rings. The molecule has 1 saturated heterocycles. The molecule has 2 amide bonds. The summed E-state index contributed by atoms with van der Waals surface area (Å²) < 4.78 is 0. The van der Waals surface area contributed by atoms with E-state index in [9.17, 15) is 9.59 Å². The molecular formula is C17H22N2O2. The van der Waals surface area contributed by atoms with Gasteiger partial charge in [0.05, 0.1) is 5.92 Å². The summed E-state index contributed by atoms with van der Waals surface area (Å²) in [6, 6.07) is 9.43. The Morgan fingerprint density at radius 2 is 1.95 bits per heavy atom. The fraction of sp³-hybridized carbons (Fsp3) is 0.412. The molecule has 0 spiro atoms. The van der Waals surface area contributed by atoms with Crippen LogP contribution in [0.5, 0.6) is 0 Å². The van der Waals surface area contributed by atoms with Gasteiger partial charge in [0.1, 0.15) is 0 Å². The summed E-state index contributed by atoms with van der Waals surface area (Å²) in [5.41, 5.74) is 1.78. The third-order valence-corrected chi connectivity index (χ3v) is 3.56. The Morgan fingerprint density at radius 1 is 1.24 bits per heavy atom. The molecule has 1 N–H and O–H groups in total. The number of carbonyl (C=O) groups is 2. The van der Waals surface area contributed by atoms with E-state index in [0.717, 1.165) is 30.6 Å². The monoisotopic (exact) mass is 286 g/mol. The van der Waals surface area contributed by atoms with Crippen molar-refractivity contribution in [2.45, 2.75) is 26.7 Å². The first-order valence-corrected chi connectivity index (χ1v) is 7.36. The first-order chi connectivity index (χ1) is 10.1. The standard InChI is InChI=1S/C17H22N2O2/c1-13(2)11-16(20)19-10-6-7-14(12-19)17(21)18-15-8-4-3-5-9-15/h3-5,8-9,11,14H,6-7,10,12H2,1-2H3,(H,18,21)/t14-/m0/s1. The van der Waals surface area contributed by atoms with E-state index in [2.05, 4.69) is 5.32 Å². The van der Waals surface area contributed by atoms with Crippen LogP contribution in [0.4, 0.5) is 5.69 Å². The predicted octanol–water partition coefficient (Wildman–Crippen LogP) is 2.83. The van der Waals surface area contributed by atoms with Gasteiger partial charge in [0.15, 0.2) is 0 Å². The topological polar surface area (TPSA) is 49.4 Å². The van der Waals surface area contributed by atoms with Gasteiger partial charge in [0.25, 0.3) is 0 Å². The third-order valence-electron chi connectivity index (χ3n) is 3.56. The van der Waals surface area contributed by atoms with Crippen LogP contribution in [0.2, 0.25) is 0 Å². The number of amides is 2. The number of nitrogens with one attached hydrogen (secondary N) is 1. The van der Waals surface area contributed by atoms with Gasteiger partial charge < -0.3 is 10.2 Å². The lowest BCUT2D eigenvalue weighted by atomic mass is 9.97. The van der Waals surface area contributed by atoms with Crippen molar-refractivity contribution in [3.05, 3.63) is 42.0 Å². The summed E-state index contributed by atoms with van der Waals surface area (Å²) in [6.45, 7) is 5.04. The molecular weight excluding hydrogens is 264 g/mol. The van der Waals surface area contributed by atoms with E-state index in [4.69, 9.17) is 0 Å². The minimum atomic E-state index is -0.131. The second-order valence-electron chi connectivity index (χ2n) is 5.70. The molecule has 4 nitrogen and oxygen atoms in total. The van der Waals surface area contributed by atoms with Crippen LogP contribution >= 0.6 is 0 Å². The van der Waals surface area contributed by atoms with Crippen molar-refractivity contribution in [1.29, 1.82) is 0 Å². The van der Waals surface area contributed by atoms with E-state index in [1.165, 1.54) is 0 Å². The van der Waals surface area contributed by atoms with Gasteiger partial charge in [-0.05, 0) is 38.8 Å². The summed E-state index contributed by atoms with van der Waals surface area (Å²) in [6.07, 6.45) is 3.34. The van der Waals surface area contributed by atoms with Crippen LogP contribution in [-0.4, -0.2) is 29.8 Å². The molecule has 21 heavy (non-hydrogen) atoms. The second-order valence-corrected chi connectivity index (χ2v) is 5.70. The van der Waals surface area contributed by atoms with Gasteiger partial charge in [0, 0.05) is 24.9 Å². The molecule has 0 saturated carbocycles. The van der Waals surface area contributed by atoms with Crippen LogP contribution in [0.15, 0.2) is 42.0 Å². The summed E-state index contributed by atoms with van der Waals surface area (Å²) in [7, 11) is 0. The highest BCUT2D eigenvalue weighted by atomic mass is 16.2. The van der Waals surface area contributed by atoms with Crippen LogP contribution in [-0.2, 0) is 9.59 Å². The Labute approximate surface area is 125 Å². The fourth-order valence-corrected chi connectivity index (χ4v) is 2.50. The number of para-hydroxylation sites is 1. The largest absolute Gasteiger partial charge is 0.338 e. The van der Waals surface area contributed by atoms with E-state index < -0.39 is 0 Å². The van der Waals surface area contributed by atoms with Crippen LogP contribution < -0.4 is 5.32 Å². The molecule has 1 heterocycles. The van der Waals surface area contributed by atoms with Crippen molar-refractivity contribution < 1.29 is 9.59 Å². The molecule has 0 unspecified atom stereocenters. The number of piperidine rings is 1. The number of carbonyl (C=O) groups excluding carboxylic acids is 2. The van der Waals surface area contributed by atoms with Gasteiger partial charge in [-0.25, -0.2) is 0 Å². The van der Waals surface area contributed by atoms with Crippen LogP contribution in [0.3, 0.4) is 0 Å². The average molecular weight is 286 g/mol. The van der Waals surface area contributed by atoms with E-state index in [0.29, 0.717) is 6.54 Å². The molecule has 1 aromatic rings. The minimum Gasteiger partial charge on any atom is -0.338 e. The summed E-state index contributed by atoms with van der Waals surface area (Å²) >= 11 is 0. The van der Waals surface area contributed by atoms with Crippen LogP contribution in [0.25, 0.3) is 0 Å². The summed E-state index contributed by atoms with van der Waals surface area (Å²) in [5.74, 6) is -0.128. The van der Waals surface area contributed by atoms with Gasteiger partial charge in [-0.2, -0.15) is 0 Å². The number of hydrogen-bond donors (Lipinski definition) is 1. The molecule has 1 aliphatic heterocycles. The van der Waals surface area contributed by atoms with E-state index in [1.807, 2.05) is 44.2 Å². The molecule has 0 aromatic heterocycles. The number of benzene rings is 1. The number of allylic oxidation sites excluding steroid dienone is 1. The zero-order chi connectivity index (χ0) is 15.2. The van der Waals surface area contributed by atoms with Gasteiger partial charge in [-0.3, -0.25) is 9.59 Å². The Balaban J connectivity index is 1.96. The third kappa shape index (κ3) is 4.45. The minimum absolute atomic E-state index is 0.00380. The first kappa shape index (κ1) is 15.3. The predicted molar refractivity (Wildman–Crippen MR) is 83.8 cm³/mol. The molecule has 0 aliphatic carbocycles. The van der Waals surface area contributed by atoms with Gasteiger partial charge in [-0.15, -0.1) is 0 Å². The Hall–Kier alpha value is -2.10. The second kappa shape index (κ2) is 7.07. The van der Waals surface area contributed by atoms with Crippen molar-refractivity contribution >= 4 is 17.5 Å². The fourth-order valence-electron chi connectivity index (χ4n) is 2.50. The highest BCUT2D eigenvalue weighted by molar-refractivity contribution is 5.94. The molecule has 1 aliphatic rings. The summed E-state index contributed by atoms with van der Waals surface area (Å²) in [4.78, 5) is 26.1. The molecule has 1 atom stereocenters. The highest BCUT2D eigenvalue weighted by Crippen LogP contribution is 2.19. The van der Waals surface area contributed by atoms with Crippen molar-refractivity contribution in [2.24, 2.45) is 5.92 Å². The zero-order valence-electron chi connectivity index (χ0n) is 12.6. The molecule has 4 heteroatoms. The SMILES string of the molecule is CC(C)=CC(=O)N1CCC[C@H](C(=O)Nc2ccccc2)C1. The maximum Gasteiger partial charge on any atom is 0.246 e. The molecule has 0 radical (unpaired) electrons. The Morgan fingerprint density at radius 3 is 2.62 bits per heavy atom. The zero-order valence-corrected chi connectivity index (χ0v) is 12.6. The quantitative estimate of drug-likeness (QED) is 0.869. The number of hydrogen-bond acceptors (Lipinski definition) is 2. The van der Waals surface area contributed by atoms with Gasteiger partial charge in [-0.1, -0.05) is 23.8 Å². The highest BCUT2D eigenvalue weighted by Gasteiger charge is 2.27. The van der Waals surface area contributed by atoms with Crippen LogP contribution in [0.1, 0.15) is 26.7 Å². The number of nitrogens with zero attached hydrogens (tertiary/aromatic N) is 1. The Bertz CT molecular complexity index is 533. The maximum absolute atomic E-state index is 12.3. The molecule has 0 bridgehead atoms. The van der Waals surface area contributed by atoms with Crippen molar-refractivity contribution in [1.82, 2.24) is 4.90 Å². The van der Waals surface area contributed by atoms with Crippen molar-refractivity contribution in [2.75, 3.05) is 18.4 Å². The normalized spacial score (nSPS) is 18.0.